The monoisotopic (exact) mass is 810 g/mol. The van der Waals surface area contributed by atoms with E-state index in [1.54, 1.807) is 9.80 Å². The Labute approximate surface area is 342 Å². The number of benzene rings is 2. The number of quaternary nitrogens is 2. The van der Waals surface area contributed by atoms with Crippen LogP contribution in [0.25, 0.3) is 0 Å². The molecule has 0 atom stereocenters. The molecule has 2 rings (SSSR count). The van der Waals surface area contributed by atoms with Crippen LogP contribution < -0.4 is 30.2 Å². The molecule has 10 nitrogen and oxygen atoms in total. The second kappa shape index (κ2) is 29.9. The van der Waals surface area contributed by atoms with Gasteiger partial charge in [0.1, 0.15) is 0 Å². The third-order valence-corrected chi connectivity index (χ3v) is 8.46. The average Bonchev–Trinajstić information content (AvgIpc) is 2.92. The molecule has 12 heteroatoms. The van der Waals surface area contributed by atoms with Gasteiger partial charge in [-0.2, -0.15) is 0 Å². The summed E-state index contributed by atoms with van der Waals surface area (Å²) in [5, 5.41) is 46.8. The molecular weight excluding hydrogens is 738 g/mol. The number of hydrogen-bond acceptors (Lipinski definition) is 4. The zero-order valence-electron chi connectivity index (χ0n) is 35.7. The Balaban J connectivity index is -0.0000000847. The van der Waals surface area contributed by atoms with Crippen LogP contribution in [0.3, 0.4) is 0 Å². The second-order valence-electron chi connectivity index (χ2n) is 16.3. The summed E-state index contributed by atoms with van der Waals surface area (Å²) in [6.45, 7) is 44.9. The van der Waals surface area contributed by atoms with Gasteiger partial charge < -0.3 is 52.1 Å². The molecule has 2 aromatic carbocycles. The Hall–Kier alpha value is -1.43. The summed E-state index contributed by atoms with van der Waals surface area (Å²) in [6, 6.07) is 6.70. The fourth-order valence-electron chi connectivity index (χ4n) is 4.68. The molecule has 0 bridgehead atoms. The van der Waals surface area contributed by atoms with Gasteiger partial charge >= 0.3 is 0 Å². The molecule has 52 heavy (non-hydrogen) atoms. The van der Waals surface area contributed by atoms with Crippen LogP contribution >= 0.6 is 0 Å². The molecule has 310 valence electrons. The van der Waals surface area contributed by atoms with E-state index >= 15 is 0 Å². The van der Waals surface area contributed by atoms with Crippen molar-refractivity contribution in [3.63, 3.8) is 0 Å². The van der Waals surface area contributed by atoms with Crippen LogP contribution in [0, 0.1) is 0 Å². The van der Waals surface area contributed by atoms with Crippen LogP contribution in [0.5, 0.6) is 23.0 Å². The molecule has 2 N–H and O–H groups in total. The predicted molar refractivity (Wildman–Crippen MR) is 193 cm³/mol. The number of rotatable bonds is 6. The summed E-state index contributed by atoms with van der Waals surface area (Å²) >= 11 is 0. The normalized spacial score (nSPS) is 10.7. The summed E-state index contributed by atoms with van der Waals surface area (Å²) in [7, 11) is 0. The maximum Gasteiger partial charge on any atom is 0.0742 e. The number of nitrogens with one attached hydrogen (secondary N) is 2. The van der Waals surface area contributed by atoms with Crippen molar-refractivity contribution >= 4 is 0 Å². The van der Waals surface area contributed by atoms with E-state index in [-0.39, 0.29) is 92.2 Å². The van der Waals surface area contributed by atoms with Crippen molar-refractivity contribution in [3.05, 3.63) is 46.5 Å². The SMILES string of the molecule is CC(C)(C)c1cc([O-])c([O-])c(C(C)(C)C)c1.CC(C)(C)c1cc([O-])c([O-])c(C(C)(C)C)c1.CC[NH+](CC)CC.CC[NH+](CC)CC.[O-2].[O-2].[O-2].[O-2].[V].[V]. The maximum absolute atomic E-state index is 11.8. The molecule has 0 aliphatic carbocycles. The summed E-state index contributed by atoms with van der Waals surface area (Å²) in [6.07, 6.45) is 0. The first kappa shape index (κ1) is 68.6. The van der Waals surface area contributed by atoms with Gasteiger partial charge in [0.15, 0.2) is 0 Å². The Morgan fingerprint density at radius 1 is 0.385 bits per heavy atom. The third kappa shape index (κ3) is 24.8. The van der Waals surface area contributed by atoms with E-state index in [1.807, 2.05) is 95.2 Å². The van der Waals surface area contributed by atoms with E-state index in [9.17, 15) is 20.4 Å². The second-order valence-corrected chi connectivity index (χ2v) is 16.3. The minimum absolute atomic E-state index is 0. The zero-order valence-corrected chi connectivity index (χ0v) is 38.5. The molecule has 0 saturated heterocycles. The van der Waals surface area contributed by atoms with Gasteiger partial charge in [0.25, 0.3) is 0 Å². The van der Waals surface area contributed by atoms with E-state index in [0.29, 0.717) is 11.1 Å². The van der Waals surface area contributed by atoms with Crippen molar-refractivity contribution < 1.29 is 89.2 Å². The molecule has 0 unspecified atom stereocenters. The quantitative estimate of drug-likeness (QED) is 0.438. The summed E-state index contributed by atoms with van der Waals surface area (Å²) in [5.41, 5.74) is 2.33. The largest absolute Gasteiger partial charge is 2.00 e. The topological polar surface area (TPSA) is 215 Å². The summed E-state index contributed by atoms with van der Waals surface area (Å²) < 4.78 is 0. The maximum atomic E-state index is 11.8. The zero-order chi connectivity index (χ0) is 36.8. The van der Waals surface area contributed by atoms with Gasteiger partial charge in [-0.3, -0.25) is 0 Å². The molecule has 0 amide bonds. The molecule has 2 aromatic rings. The fraction of sp³-hybridized carbons (Fsp3) is 0.700. The van der Waals surface area contributed by atoms with E-state index in [0.717, 1.165) is 11.1 Å². The van der Waals surface area contributed by atoms with Gasteiger partial charge in [0.05, 0.1) is 39.3 Å². The molecule has 2 radical (unpaired) electrons. The standard InChI is InChI=1S/2C14H22O2.2C6H15N.4O.2V/c2*1-13(2,3)9-7-10(14(4,5)6)12(16)11(15)8-9;2*1-4-7(5-2)6-3;;;;;;/h2*7-8,15-16H,1-6H3;2*4-6H2,1-3H3;;;;;;/q;;;;4*-2;;/p-2. The van der Waals surface area contributed by atoms with Crippen LogP contribution in [0.2, 0.25) is 0 Å². The van der Waals surface area contributed by atoms with Crippen molar-refractivity contribution in [1.82, 2.24) is 0 Å². The molecule has 0 aromatic heterocycles. The first-order valence-corrected chi connectivity index (χ1v) is 17.5. The fourth-order valence-corrected chi connectivity index (χ4v) is 4.68. The van der Waals surface area contributed by atoms with Gasteiger partial charge in [0, 0.05) is 37.1 Å². The van der Waals surface area contributed by atoms with Crippen molar-refractivity contribution in [2.45, 2.75) is 146 Å². The van der Waals surface area contributed by atoms with Crippen LogP contribution in [0.1, 0.15) is 147 Å². The van der Waals surface area contributed by atoms with Gasteiger partial charge in [-0.15, -0.1) is 23.0 Å². The molecule has 0 spiro atoms. The van der Waals surface area contributed by atoms with Gasteiger partial charge in [0.2, 0.25) is 0 Å². The number of hydrogen-bond donors (Lipinski definition) is 2. The molecule has 0 fully saturated rings. The van der Waals surface area contributed by atoms with E-state index in [2.05, 4.69) is 41.5 Å². The molecular formula is C40H72N2O8V2-10. The molecule has 0 heterocycles. The minimum atomic E-state index is -0.391. The van der Waals surface area contributed by atoms with Crippen molar-refractivity contribution in [2.75, 3.05) is 39.3 Å². The van der Waals surface area contributed by atoms with Crippen molar-refractivity contribution in [3.8, 4) is 23.0 Å². The van der Waals surface area contributed by atoms with Crippen LogP contribution in [-0.2, 0) is 80.7 Å². The summed E-state index contributed by atoms with van der Waals surface area (Å²) in [4.78, 5) is 3.36. The average molecular weight is 811 g/mol. The smallest absolute Gasteiger partial charge is 0.0742 e. The van der Waals surface area contributed by atoms with Crippen molar-refractivity contribution in [2.24, 2.45) is 0 Å². The van der Waals surface area contributed by atoms with Crippen molar-refractivity contribution in [1.29, 1.82) is 0 Å². The van der Waals surface area contributed by atoms with E-state index < -0.39 is 11.5 Å². The molecule has 0 aliphatic heterocycles. The minimum Gasteiger partial charge on any atom is -2.00 e. The van der Waals surface area contributed by atoms with Crippen LogP contribution in [-0.4, -0.2) is 39.3 Å². The van der Waals surface area contributed by atoms with Gasteiger partial charge in [-0.05, 0) is 74.3 Å². The Morgan fingerprint density at radius 2 is 0.577 bits per heavy atom. The Kier molecular flexibility index (Phi) is 39.4. The van der Waals surface area contributed by atoms with Gasteiger partial charge in [-0.25, -0.2) is 0 Å². The Morgan fingerprint density at radius 3 is 0.692 bits per heavy atom. The van der Waals surface area contributed by atoms with Crippen LogP contribution in [0.4, 0.5) is 0 Å². The van der Waals surface area contributed by atoms with Crippen LogP contribution in [0.15, 0.2) is 24.3 Å². The first-order chi connectivity index (χ1) is 20.8. The predicted octanol–water partition coefficient (Wildman–Crippen LogP) is 4.24. The Bertz CT molecular complexity index is 1060. The molecule has 0 saturated carbocycles. The first-order valence-electron chi connectivity index (χ1n) is 17.5. The van der Waals surface area contributed by atoms with E-state index in [4.69, 9.17) is 0 Å². The summed E-state index contributed by atoms with van der Waals surface area (Å²) in [5.74, 6) is -1.50. The third-order valence-electron chi connectivity index (χ3n) is 8.46. The van der Waals surface area contributed by atoms with Gasteiger partial charge in [-0.1, -0.05) is 118 Å². The molecule has 0 aliphatic rings. The van der Waals surface area contributed by atoms with E-state index in [1.165, 1.54) is 51.4 Å².